The molecule has 0 aliphatic heterocycles. The van der Waals surface area contributed by atoms with Gasteiger partial charge in [-0.15, -0.1) is 0 Å². The molecule has 0 saturated carbocycles. The van der Waals surface area contributed by atoms with Gasteiger partial charge in [-0.2, -0.15) is 0 Å². The molecular formula is C9H14O2. The molecule has 0 saturated heterocycles. The van der Waals surface area contributed by atoms with Gasteiger partial charge < -0.3 is 5.11 Å². The first-order valence-electron chi connectivity index (χ1n) is 3.98. The number of aliphatic hydroxyl groups is 1. The first-order valence-corrected chi connectivity index (χ1v) is 3.98. The predicted molar refractivity (Wildman–Crippen MR) is 43.1 cm³/mol. The summed E-state index contributed by atoms with van der Waals surface area (Å²) in [6.07, 6.45) is 4.30. The average Bonchev–Trinajstić information content (AvgIpc) is 2.33. The second-order valence-corrected chi connectivity index (χ2v) is 3.24. The predicted octanol–water partition coefficient (Wildman–Crippen LogP) is 1.15. The molecule has 0 heterocycles. The summed E-state index contributed by atoms with van der Waals surface area (Å²) >= 11 is 0. The Morgan fingerprint density at radius 3 is 2.55 bits per heavy atom. The minimum atomic E-state index is -0.324. The van der Waals surface area contributed by atoms with Crippen molar-refractivity contribution >= 4 is 5.78 Å². The number of carbonyl (C=O) groups is 1. The quantitative estimate of drug-likeness (QED) is 0.606. The molecule has 62 valence electrons. The summed E-state index contributed by atoms with van der Waals surface area (Å²) in [6, 6.07) is 0. The lowest BCUT2D eigenvalue weighted by Crippen LogP contribution is -2.15. The summed E-state index contributed by atoms with van der Waals surface area (Å²) in [6.45, 7) is 3.36. The molecule has 0 fully saturated rings. The Bertz CT molecular complexity index is 182. The van der Waals surface area contributed by atoms with Gasteiger partial charge in [-0.1, -0.05) is 12.2 Å². The number of Topliss-reactive ketones (excluding diaryl/α,β-unsaturated/α-hetero) is 1. The van der Waals surface area contributed by atoms with Crippen LogP contribution in [-0.4, -0.2) is 17.0 Å². The molecule has 2 nitrogen and oxygen atoms in total. The summed E-state index contributed by atoms with van der Waals surface area (Å²) in [7, 11) is 0. The third-order valence-electron chi connectivity index (χ3n) is 2.26. The van der Waals surface area contributed by atoms with Crippen molar-refractivity contribution in [2.75, 3.05) is 0 Å². The van der Waals surface area contributed by atoms with Gasteiger partial charge in [0.2, 0.25) is 0 Å². The fraction of sp³-hybridized carbons (Fsp3) is 0.667. The van der Waals surface area contributed by atoms with E-state index in [2.05, 4.69) is 0 Å². The maximum Gasteiger partial charge on any atom is 0.136 e. The standard InChI is InChI=1S/C9H14O2/c1-6(10)8-3-4-9(5-8)7(2)11/h3-4,6,8-10H,5H2,1-2H3. The molecule has 1 N–H and O–H groups in total. The first-order chi connectivity index (χ1) is 5.11. The largest absolute Gasteiger partial charge is 0.393 e. The molecule has 2 heteroatoms. The van der Waals surface area contributed by atoms with Crippen molar-refractivity contribution in [1.82, 2.24) is 0 Å². The van der Waals surface area contributed by atoms with E-state index in [0.717, 1.165) is 6.42 Å². The average molecular weight is 154 g/mol. The van der Waals surface area contributed by atoms with Crippen LogP contribution >= 0.6 is 0 Å². The van der Waals surface area contributed by atoms with Crippen LogP contribution in [-0.2, 0) is 4.79 Å². The van der Waals surface area contributed by atoms with E-state index in [9.17, 15) is 9.90 Å². The van der Waals surface area contributed by atoms with Gasteiger partial charge in [0.1, 0.15) is 5.78 Å². The van der Waals surface area contributed by atoms with E-state index < -0.39 is 0 Å². The first kappa shape index (κ1) is 8.47. The number of ketones is 1. The van der Waals surface area contributed by atoms with Crippen LogP contribution in [0.15, 0.2) is 12.2 Å². The zero-order valence-electron chi connectivity index (χ0n) is 6.95. The smallest absolute Gasteiger partial charge is 0.136 e. The molecular weight excluding hydrogens is 140 g/mol. The van der Waals surface area contributed by atoms with E-state index in [1.165, 1.54) is 0 Å². The van der Waals surface area contributed by atoms with Gasteiger partial charge >= 0.3 is 0 Å². The Hall–Kier alpha value is -0.630. The lowest BCUT2D eigenvalue weighted by molar-refractivity contribution is -0.119. The van der Waals surface area contributed by atoms with Gasteiger partial charge in [-0.25, -0.2) is 0 Å². The van der Waals surface area contributed by atoms with E-state index in [1.807, 2.05) is 12.2 Å². The summed E-state index contributed by atoms with van der Waals surface area (Å²) < 4.78 is 0. The normalized spacial score (nSPS) is 32.3. The molecule has 0 aromatic heterocycles. The van der Waals surface area contributed by atoms with Crippen molar-refractivity contribution in [2.45, 2.75) is 26.4 Å². The highest BCUT2D eigenvalue weighted by molar-refractivity contribution is 5.80. The van der Waals surface area contributed by atoms with E-state index in [0.29, 0.717) is 0 Å². The van der Waals surface area contributed by atoms with Crippen molar-refractivity contribution in [1.29, 1.82) is 0 Å². The molecule has 1 rings (SSSR count). The summed E-state index contributed by atoms with van der Waals surface area (Å²) in [5, 5.41) is 9.19. The Morgan fingerprint density at radius 2 is 2.27 bits per heavy atom. The molecule has 0 radical (unpaired) electrons. The fourth-order valence-corrected chi connectivity index (χ4v) is 1.39. The highest BCUT2D eigenvalue weighted by Crippen LogP contribution is 2.26. The van der Waals surface area contributed by atoms with E-state index in [-0.39, 0.29) is 23.7 Å². The zero-order valence-corrected chi connectivity index (χ0v) is 6.95. The highest BCUT2D eigenvalue weighted by Gasteiger charge is 2.24. The SMILES string of the molecule is CC(=O)C1C=CC(C(C)O)C1. The number of aliphatic hydroxyl groups excluding tert-OH is 1. The molecule has 0 aromatic carbocycles. The highest BCUT2D eigenvalue weighted by atomic mass is 16.3. The molecule has 0 bridgehead atoms. The molecule has 0 spiro atoms. The molecule has 0 amide bonds. The fourth-order valence-electron chi connectivity index (χ4n) is 1.39. The third kappa shape index (κ3) is 1.90. The number of rotatable bonds is 2. The van der Waals surface area contributed by atoms with Crippen LogP contribution in [0.5, 0.6) is 0 Å². The van der Waals surface area contributed by atoms with Gasteiger partial charge in [-0.05, 0) is 20.3 Å². The molecule has 3 unspecified atom stereocenters. The van der Waals surface area contributed by atoms with Crippen LogP contribution in [0.3, 0.4) is 0 Å². The van der Waals surface area contributed by atoms with Gasteiger partial charge in [-0.3, -0.25) is 4.79 Å². The monoisotopic (exact) mass is 154 g/mol. The van der Waals surface area contributed by atoms with Crippen molar-refractivity contribution < 1.29 is 9.90 Å². The molecule has 1 aliphatic carbocycles. The van der Waals surface area contributed by atoms with Gasteiger partial charge in [0, 0.05) is 11.8 Å². The van der Waals surface area contributed by atoms with Gasteiger partial charge in [0.25, 0.3) is 0 Å². The molecule has 0 aromatic rings. The van der Waals surface area contributed by atoms with Crippen LogP contribution in [0, 0.1) is 11.8 Å². The van der Waals surface area contributed by atoms with Crippen molar-refractivity contribution in [3.05, 3.63) is 12.2 Å². The summed E-state index contributed by atoms with van der Waals surface area (Å²) in [4.78, 5) is 10.9. The lowest BCUT2D eigenvalue weighted by Gasteiger charge is -2.11. The van der Waals surface area contributed by atoms with Crippen molar-refractivity contribution in [3.8, 4) is 0 Å². The van der Waals surface area contributed by atoms with Crippen LogP contribution in [0.2, 0.25) is 0 Å². The second kappa shape index (κ2) is 3.18. The Balaban J connectivity index is 2.49. The maximum atomic E-state index is 10.9. The third-order valence-corrected chi connectivity index (χ3v) is 2.26. The van der Waals surface area contributed by atoms with Crippen LogP contribution in [0.4, 0.5) is 0 Å². The lowest BCUT2D eigenvalue weighted by atomic mass is 9.97. The number of allylic oxidation sites excluding steroid dienone is 1. The maximum absolute atomic E-state index is 10.9. The Labute approximate surface area is 66.9 Å². The molecule has 1 aliphatic rings. The minimum absolute atomic E-state index is 0.0506. The summed E-state index contributed by atoms with van der Waals surface area (Å²) in [5.74, 6) is 0.433. The van der Waals surface area contributed by atoms with E-state index in [1.54, 1.807) is 13.8 Å². The van der Waals surface area contributed by atoms with Crippen LogP contribution in [0.1, 0.15) is 20.3 Å². The topological polar surface area (TPSA) is 37.3 Å². The summed E-state index contributed by atoms with van der Waals surface area (Å²) in [5.41, 5.74) is 0. The molecule has 11 heavy (non-hydrogen) atoms. The Morgan fingerprint density at radius 1 is 1.64 bits per heavy atom. The minimum Gasteiger partial charge on any atom is -0.393 e. The van der Waals surface area contributed by atoms with Crippen LogP contribution in [0.25, 0.3) is 0 Å². The second-order valence-electron chi connectivity index (χ2n) is 3.24. The van der Waals surface area contributed by atoms with Gasteiger partial charge in [0.15, 0.2) is 0 Å². The molecule has 3 atom stereocenters. The Kier molecular flexibility index (Phi) is 2.45. The zero-order chi connectivity index (χ0) is 8.43. The van der Waals surface area contributed by atoms with Gasteiger partial charge in [0.05, 0.1) is 6.10 Å². The van der Waals surface area contributed by atoms with E-state index >= 15 is 0 Å². The number of hydrogen-bond donors (Lipinski definition) is 1. The van der Waals surface area contributed by atoms with Crippen molar-refractivity contribution in [2.24, 2.45) is 11.8 Å². The number of hydrogen-bond acceptors (Lipinski definition) is 2. The van der Waals surface area contributed by atoms with E-state index in [4.69, 9.17) is 0 Å². The van der Waals surface area contributed by atoms with Crippen molar-refractivity contribution in [3.63, 3.8) is 0 Å². The van der Waals surface area contributed by atoms with Crippen LogP contribution < -0.4 is 0 Å². The number of carbonyl (C=O) groups excluding carboxylic acids is 1.